The molecule has 186 valence electrons. The molecule has 9 heteroatoms. The van der Waals surface area contributed by atoms with Crippen molar-refractivity contribution in [2.24, 2.45) is 5.92 Å². The first-order valence-corrected chi connectivity index (χ1v) is 13.9. The molecule has 0 radical (unpaired) electrons. The number of piperidine rings is 1. The van der Waals surface area contributed by atoms with Crippen molar-refractivity contribution in [1.29, 1.82) is 0 Å². The molecule has 0 unspecified atom stereocenters. The van der Waals surface area contributed by atoms with E-state index in [2.05, 4.69) is 16.8 Å². The van der Waals surface area contributed by atoms with Crippen LogP contribution in [0.15, 0.2) is 35.1 Å². The van der Waals surface area contributed by atoms with E-state index in [4.69, 9.17) is 4.42 Å². The first kappa shape index (κ1) is 23.8. The molecule has 3 aliphatic rings. The minimum Gasteiger partial charge on any atom is -0.448 e. The van der Waals surface area contributed by atoms with E-state index in [-0.39, 0.29) is 6.04 Å². The molecule has 0 N–H and O–H groups in total. The topological polar surface area (TPSA) is 69.9 Å². The molecule has 1 saturated carbocycles. The lowest BCUT2D eigenvalue weighted by atomic mass is 9.82. The molecule has 1 aromatic heterocycles. The summed E-state index contributed by atoms with van der Waals surface area (Å²) in [4.78, 5) is 6.92. The van der Waals surface area contributed by atoms with E-state index < -0.39 is 21.6 Å². The summed E-state index contributed by atoms with van der Waals surface area (Å²) < 4.78 is 49.2. The highest BCUT2D eigenvalue weighted by Gasteiger charge is 2.55. The van der Waals surface area contributed by atoms with Crippen molar-refractivity contribution >= 4 is 15.9 Å². The fourth-order valence-corrected chi connectivity index (χ4v) is 8.08. The summed E-state index contributed by atoms with van der Waals surface area (Å²) in [6, 6.07) is 6.07. The summed E-state index contributed by atoms with van der Waals surface area (Å²) in [6.45, 7) is 4.00. The smallest absolute Gasteiger partial charge is 0.304 e. The molecule has 1 aromatic carbocycles. The van der Waals surface area contributed by atoms with Gasteiger partial charge in [0.05, 0.1) is 16.9 Å². The largest absolute Gasteiger partial charge is 0.448 e. The lowest BCUT2D eigenvalue weighted by Gasteiger charge is -2.46. The van der Waals surface area contributed by atoms with Gasteiger partial charge in [-0.05, 0) is 43.9 Å². The molecular formula is C25H35FN4O3S. The Hall–Kier alpha value is -1.97. The van der Waals surface area contributed by atoms with E-state index in [1.165, 1.54) is 52.8 Å². The van der Waals surface area contributed by atoms with Crippen LogP contribution >= 0.6 is 0 Å². The number of anilines is 1. The van der Waals surface area contributed by atoms with Crippen LogP contribution in [0, 0.1) is 11.7 Å². The van der Waals surface area contributed by atoms with Gasteiger partial charge in [-0.25, -0.2) is 9.37 Å². The molecule has 5 rings (SSSR count). The summed E-state index contributed by atoms with van der Waals surface area (Å²) in [6.07, 6.45) is 10.3. The maximum atomic E-state index is 14.0. The highest BCUT2D eigenvalue weighted by Crippen LogP contribution is 2.44. The normalized spacial score (nSPS) is 28.7. The molecule has 34 heavy (non-hydrogen) atoms. The summed E-state index contributed by atoms with van der Waals surface area (Å²) in [7, 11) is -2.09. The van der Waals surface area contributed by atoms with Crippen LogP contribution in [0.1, 0.15) is 63.3 Å². The van der Waals surface area contributed by atoms with Crippen molar-refractivity contribution in [2.45, 2.75) is 76.4 Å². The Bertz CT molecular complexity index is 1120. The molecule has 0 amide bonds. The van der Waals surface area contributed by atoms with Gasteiger partial charge >= 0.3 is 10.2 Å². The third-order valence-electron chi connectivity index (χ3n) is 8.06. The van der Waals surface area contributed by atoms with E-state index in [1.54, 1.807) is 25.6 Å². The Labute approximate surface area is 202 Å². The van der Waals surface area contributed by atoms with Crippen molar-refractivity contribution < 1.29 is 17.2 Å². The first-order chi connectivity index (χ1) is 16.3. The zero-order chi connectivity index (χ0) is 23.9. The number of hydrogen-bond donors (Lipinski definition) is 0. The third kappa shape index (κ3) is 4.38. The van der Waals surface area contributed by atoms with Gasteiger partial charge in [0.15, 0.2) is 6.39 Å². The van der Waals surface area contributed by atoms with Gasteiger partial charge in [-0.15, -0.1) is 0 Å². The SMILES string of the molecule is C[C@H]1C[C@]2(CCN1Cc1ncoc1CC1CCCCC1)CN(C)S(=O)(=O)N2c1cccc(F)c1. The van der Waals surface area contributed by atoms with Crippen LogP contribution in [0.25, 0.3) is 0 Å². The van der Waals surface area contributed by atoms with Crippen LogP contribution in [0.5, 0.6) is 0 Å². The number of oxazole rings is 1. The van der Waals surface area contributed by atoms with Crippen LogP contribution in [-0.4, -0.2) is 54.3 Å². The average molecular weight is 491 g/mol. The van der Waals surface area contributed by atoms with Crippen molar-refractivity contribution in [3.8, 4) is 0 Å². The highest BCUT2D eigenvalue weighted by molar-refractivity contribution is 7.90. The van der Waals surface area contributed by atoms with Crippen molar-refractivity contribution in [3.05, 3.63) is 47.9 Å². The lowest BCUT2D eigenvalue weighted by Crippen LogP contribution is -2.57. The van der Waals surface area contributed by atoms with Gasteiger partial charge in [-0.1, -0.05) is 38.2 Å². The Morgan fingerprint density at radius 1 is 1.24 bits per heavy atom. The molecule has 1 spiro atoms. The van der Waals surface area contributed by atoms with Gasteiger partial charge in [-0.3, -0.25) is 9.21 Å². The van der Waals surface area contributed by atoms with E-state index in [9.17, 15) is 12.8 Å². The molecule has 3 fully saturated rings. The second-order valence-corrected chi connectivity index (χ2v) is 12.3. The summed E-state index contributed by atoms with van der Waals surface area (Å²) >= 11 is 0. The molecule has 2 aliphatic heterocycles. The van der Waals surface area contributed by atoms with Crippen LogP contribution in [0.3, 0.4) is 0 Å². The van der Waals surface area contributed by atoms with Gasteiger partial charge in [0.2, 0.25) is 0 Å². The maximum absolute atomic E-state index is 14.0. The molecular weight excluding hydrogens is 455 g/mol. The minimum absolute atomic E-state index is 0.144. The Kier molecular flexibility index (Phi) is 6.46. The number of likely N-dealkylation sites (tertiary alicyclic amines) is 1. The second-order valence-electron chi connectivity index (χ2n) is 10.4. The van der Waals surface area contributed by atoms with Crippen molar-refractivity contribution in [2.75, 3.05) is 24.4 Å². The number of aromatic nitrogens is 1. The first-order valence-electron chi connectivity index (χ1n) is 12.5. The van der Waals surface area contributed by atoms with Crippen molar-refractivity contribution in [1.82, 2.24) is 14.2 Å². The predicted molar refractivity (Wildman–Crippen MR) is 129 cm³/mol. The van der Waals surface area contributed by atoms with E-state index in [0.29, 0.717) is 37.5 Å². The molecule has 0 bridgehead atoms. The van der Waals surface area contributed by atoms with Gasteiger partial charge in [-0.2, -0.15) is 12.7 Å². The third-order valence-corrected chi connectivity index (χ3v) is 10.0. The number of likely N-dealkylation sites (N-methyl/N-ethyl adjacent to an activating group) is 1. The summed E-state index contributed by atoms with van der Waals surface area (Å²) in [5.41, 5.74) is 0.814. The molecule has 2 saturated heterocycles. The Morgan fingerprint density at radius 3 is 2.76 bits per heavy atom. The predicted octanol–water partition coefficient (Wildman–Crippen LogP) is 4.36. The van der Waals surface area contributed by atoms with Crippen molar-refractivity contribution in [3.63, 3.8) is 0 Å². The van der Waals surface area contributed by atoms with E-state index in [0.717, 1.165) is 24.4 Å². The van der Waals surface area contributed by atoms with Gasteiger partial charge in [0.25, 0.3) is 0 Å². The second kappa shape index (κ2) is 9.24. The van der Waals surface area contributed by atoms with Gasteiger partial charge < -0.3 is 4.42 Å². The van der Waals surface area contributed by atoms with Crippen LogP contribution in [0.4, 0.5) is 10.1 Å². The lowest BCUT2D eigenvalue weighted by molar-refractivity contribution is 0.0987. The van der Waals surface area contributed by atoms with Crippen LogP contribution in [-0.2, 0) is 23.2 Å². The average Bonchev–Trinajstić information content (AvgIpc) is 3.30. The van der Waals surface area contributed by atoms with E-state index in [1.807, 2.05) is 0 Å². The fourth-order valence-electron chi connectivity index (χ4n) is 6.30. The molecule has 3 heterocycles. The van der Waals surface area contributed by atoms with Gasteiger partial charge in [0.1, 0.15) is 11.6 Å². The quantitative estimate of drug-likeness (QED) is 0.623. The zero-order valence-electron chi connectivity index (χ0n) is 20.1. The molecule has 2 atom stereocenters. The monoisotopic (exact) mass is 490 g/mol. The summed E-state index contributed by atoms with van der Waals surface area (Å²) in [5, 5.41) is 0. The van der Waals surface area contributed by atoms with Crippen LogP contribution < -0.4 is 4.31 Å². The summed E-state index contributed by atoms with van der Waals surface area (Å²) in [5.74, 6) is 1.25. The fraction of sp³-hybridized carbons (Fsp3) is 0.640. The standard InChI is InChI=1S/C25H35FN4O3S/c1-19-15-25(17-28(2)34(31,32)30(25)22-10-6-9-21(26)14-22)11-12-29(19)16-23-24(33-18-27-23)13-20-7-4-3-5-8-20/h6,9-10,14,18-20H,3-5,7-8,11-13,15-17H2,1-2H3/t19-,25+/m0/s1. The minimum atomic E-state index is -3.70. The van der Waals surface area contributed by atoms with Crippen LogP contribution in [0.2, 0.25) is 0 Å². The molecule has 2 aromatic rings. The maximum Gasteiger partial charge on any atom is 0.304 e. The number of rotatable bonds is 5. The molecule has 1 aliphatic carbocycles. The van der Waals surface area contributed by atoms with Gasteiger partial charge in [0, 0.05) is 39.1 Å². The number of halogens is 1. The Balaban J connectivity index is 1.33. The van der Waals surface area contributed by atoms with E-state index >= 15 is 0 Å². The number of hydrogen-bond acceptors (Lipinski definition) is 5. The highest BCUT2D eigenvalue weighted by atomic mass is 32.2. The zero-order valence-corrected chi connectivity index (χ0v) is 20.9. The molecule has 7 nitrogen and oxygen atoms in total. The number of nitrogens with zero attached hydrogens (tertiary/aromatic N) is 4. The number of benzene rings is 1. The Morgan fingerprint density at radius 2 is 2.03 bits per heavy atom.